The quantitative estimate of drug-likeness (QED) is 0.320. The summed E-state index contributed by atoms with van der Waals surface area (Å²) in [5.74, 6) is -0.0577. The Kier molecular flexibility index (Phi) is 12.1. The number of nitrogens with zero attached hydrogens (tertiary/aromatic N) is 1. The zero-order chi connectivity index (χ0) is 18.6. The van der Waals surface area contributed by atoms with E-state index >= 15 is 0 Å². The van der Waals surface area contributed by atoms with Crippen LogP contribution in [0, 0.1) is 0 Å². The zero-order valence-electron chi connectivity index (χ0n) is 17.2. The first kappa shape index (κ1) is 23.8. The smallest absolute Gasteiger partial charge is 0.307 e. The summed E-state index contributed by atoms with van der Waals surface area (Å²) in [6, 6.07) is 4.97. The molecule has 0 unspecified atom stereocenters. The monoisotopic (exact) mass is 375 g/mol. The highest BCUT2D eigenvalue weighted by Gasteiger charge is 2.34. The van der Waals surface area contributed by atoms with E-state index < -0.39 is 16.6 Å². The first-order chi connectivity index (χ1) is 11.3. The Morgan fingerprint density at radius 3 is 1.96 bits per heavy atom. The van der Waals surface area contributed by atoms with Crippen LogP contribution < -0.4 is 0 Å². The molecule has 6 heteroatoms. The van der Waals surface area contributed by atoms with Crippen LogP contribution in [0.4, 0.5) is 0 Å². The minimum atomic E-state index is -1.52. The van der Waals surface area contributed by atoms with E-state index in [1.54, 1.807) is 0 Å². The molecule has 0 saturated carbocycles. The summed E-state index contributed by atoms with van der Waals surface area (Å²) in [5, 5.41) is 0. The van der Waals surface area contributed by atoms with Gasteiger partial charge in [-0.15, -0.1) is 0 Å². The van der Waals surface area contributed by atoms with Gasteiger partial charge in [0.2, 0.25) is 0 Å². The van der Waals surface area contributed by atoms with E-state index in [4.69, 9.17) is 9.16 Å². The predicted molar refractivity (Wildman–Crippen MR) is 109 cm³/mol. The van der Waals surface area contributed by atoms with Crippen molar-refractivity contribution in [1.82, 2.24) is 4.57 Å². The van der Waals surface area contributed by atoms with Crippen LogP contribution in [-0.4, -0.2) is 53.4 Å². The van der Waals surface area contributed by atoms with E-state index in [0.29, 0.717) is 13.0 Å². The molecule has 0 aromatic carbocycles. The number of ether oxygens (including phenoxy) is 1. The molecule has 24 heavy (non-hydrogen) atoms. The molecular formula is C18H41NO3Si2. The second kappa shape index (κ2) is 12.2. The summed E-state index contributed by atoms with van der Waals surface area (Å²) in [6.07, 6.45) is 1.70. The number of hydrogen-bond donors (Lipinski definition) is 0. The Morgan fingerprint density at radius 1 is 0.917 bits per heavy atom. The second-order valence-corrected chi connectivity index (χ2v) is 16.6. The van der Waals surface area contributed by atoms with Crippen LogP contribution in [0.15, 0.2) is 0 Å². The number of carbonyl (C=O) groups is 1. The largest absolute Gasteiger partial charge is 0.466 e. The SMILES string of the molecule is CCOC(=O)CCN(CCC[Si](C)(C)OCC)[Si](CC)(CC)CC. The van der Waals surface area contributed by atoms with Gasteiger partial charge in [-0.05, 0) is 64.1 Å². The van der Waals surface area contributed by atoms with Gasteiger partial charge in [0.15, 0.2) is 8.32 Å². The molecule has 0 bridgehead atoms. The van der Waals surface area contributed by atoms with Gasteiger partial charge < -0.3 is 13.7 Å². The number of carbonyl (C=O) groups excluding carboxylic acids is 1. The van der Waals surface area contributed by atoms with Crippen molar-refractivity contribution in [2.24, 2.45) is 0 Å². The Balaban J connectivity index is 4.82. The summed E-state index contributed by atoms with van der Waals surface area (Å²) in [6.45, 7) is 18.8. The van der Waals surface area contributed by atoms with Crippen molar-refractivity contribution in [3.05, 3.63) is 0 Å². The fraction of sp³-hybridized carbons (Fsp3) is 0.944. The fourth-order valence-corrected chi connectivity index (χ4v) is 9.62. The van der Waals surface area contributed by atoms with Gasteiger partial charge in [0.1, 0.15) is 8.24 Å². The third kappa shape index (κ3) is 8.27. The maximum atomic E-state index is 11.8. The Hall–Kier alpha value is -0.176. The molecule has 0 fully saturated rings. The van der Waals surface area contributed by atoms with Crippen molar-refractivity contribution < 1.29 is 14.0 Å². The van der Waals surface area contributed by atoms with E-state index in [9.17, 15) is 4.79 Å². The summed E-state index contributed by atoms with van der Waals surface area (Å²) < 4.78 is 13.8. The Bertz CT molecular complexity index is 339. The van der Waals surface area contributed by atoms with Gasteiger partial charge >= 0.3 is 5.97 Å². The lowest BCUT2D eigenvalue weighted by atomic mass is 10.4. The van der Waals surface area contributed by atoms with Crippen LogP contribution >= 0.6 is 0 Å². The third-order valence-corrected chi connectivity index (χ3v) is 13.6. The van der Waals surface area contributed by atoms with Crippen molar-refractivity contribution in [3.63, 3.8) is 0 Å². The minimum Gasteiger partial charge on any atom is -0.466 e. The fourth-order valence-electron chi connectivity index (χ4n) is 3.62. The molecule has 0 aromatic heterocycles. The van der Waals surface area contributed by atoms with E-state index in [-0.39, 0.29) is 5.97 Å². The molecule has 0 radical (unpaired) electrons. The molecule has 0 aromatic rings. The molecule has 0 aliphatic rings. The lowest BCUT2D eigenvalue weighted by molar-refractivity contribution is -0.143. The lowest BCUT2D eigenvalue weighted by Crippen LogP contribution is -2.53. The molecule has 4 nitrogen and oxygen atoms in total. The van der Waals surface area contributed by atoms with Gasteiger partial charge in [-0.1, -0.05) is 20.8 Å². The van der Waals surface area contributed by atoms with Gasteiger partial charge in [-0.2, -0.15) is 0 Å². The molecular weight excluding hydrogens is 334 g/mol. The highest BCUT2D eigenvalue weighted by atomic mass is 28.4. The summed E-state index contributed by atoms with van der Waals surface area (Å²) >= 11 is 0. The Morgan fingerprint density at radius 2 is 1.50 bits per heavy atom. The van der Waals surface area contributed by atoms with Gasteiger partial charge in [-0.3, -0.25) is 4.79 Å². The van der Waals surface area contributed by atoms with Crippen molar-refractivity contribution in [3.8, 4) is 0 Å². The molecule has 0 atom stereocenters. The molecule has 0 amide bonds. The summed E-state index contributed by atoms with van der Waals surface area (Å²) in [7, 11) is -2.97. The van der Waals surface area contributed by atoms with Gasteiger partial charge in [-0.25, -0.2) is 0 Å². The average Bonchev–Trinajstić information content (AvgIpc) is 2.54. The topological polar surface area (TPSA) is 38.8 Å². The van der Waals surface area contributed by atoms with Crippen molar-refractivity contribution in [2.75, 3.05) is 26.3 Å². The molecule has 0 aliphatic carbocycles. The number of rotatable bonds is 14. The zero-order valence-corrected chi connectivity index (χ0v) is 19.2. The highest BCUT2D eigenvalue weighted by Crippen LogP contribution is 2.26. The molecule has 0 N–H and O–H groups in total. The number of esters is 1. The normalized spacial score (nSPS) is 12.7. The molecule has 0 spiro atoms. The highest BCUT2D eigenvalue weighted by molar-refractivity contribution is 6.77. The minimum absolute atomic E-state index is 0.0577. The first-order valence-corrected chi connectivity index (χ1v) is 15.5. The maximum absolute atomic E-state index is 11.8. The van der Waals surface area contributed by atoms with Crippen LogP contribution in [0.3, 0.4) is 0 Å². The van der Waals surface area contributed by atoms with E-state index in [0.717, 1.165) is 19.7 Å². The molecule has 0 rings (SSSR count). The molecule has 0 heterocycles. The van der Waals surface area contributed by atoms with Gasteiger partial charge in [0.25, 0.3) is 0 Å². The van der Waals surface area contributed by atoms with Gasteiger partial charge in [0, 0.05) is 13.2 Å². The summed E-state index contributed by atoms with van der Waals surface area (Å²) in [5.41, 5.74) is 0. The first-order valence-electron chi connectivity index (χ1n) is 9.85. The predicted octanol–water partition coefficient (Wildman–Crippen LogP) is 4.88. The Labute approximate surface area is 152 Å². The van der Waals surface area contributed by atoms with E-state index in [2.05, 4.69) is 45.4 Å². The lowest BCUT2D eigenvalue weighted by Gasteiger charge is -2.41. The van der Waals surface area contributed by atoms with Crippen LogP contribution in [-0.2, 0) is 14.0 Å². The van der Waals surface area contributed by atoms with Gasteiger partial charge in [0.05, 0.1) is 13.0 Å². The van der Waals surface area contributed by atoms with Crippen molar-refractivity contribution >= 4 is 22.5 Å². The molecule has 0 aliphatic heterocycles. The van der Waals surface area contributed by atoms with Crippen LogP contribution in [0.1, 0.15) is 47.5 Å². The molecule has 0 saturated heterocycles. The van der Waals surface area contributed by atoms with E-state index in [1.807, 2.05) is 6.92 Å². The van der Waals surface area contributed by atoms with Crippen molar-refractivity contribution in [1.29, 1.82) is 0 Å². The van der Waals surface area contributed by atoms with Crippen LogP contribution in [0.2, 0.25) is 37.3 Å². The third-order valence-electron chi connectivity index (χ3n) is 5.28. The van der Waals surface area contributed by atoms with Crippen LogP contribution in [0.5, 0.6) is 0 Å². The van der Waals surface area contributed by atoms with Crippen molar-refractivity contribution in [2.45, 2.75) is 84.7 Å². The van der Waals surface area contributed by atoms with E-state index in [1.165, 1.54) is 30.6 Å². The number of hydrogen-bond acceptors (Lipinski definition) is 4. The summed E-state index contributed by atoms with van der Waals surface area (Å²) in [4.78, 5) is 11.8. The average molecular weight is 376 g/mol. The van der Waals surface area contributed by atoms with Crippen LogP contribution in [0.25, 0.3) is 0 Å². The second-order valence-electron chi connectivity index (χ2n) is 7.12. The maximum Gasteiger partial charge on any atom is 0.307 e. The molecule has 144 valence electrons. The standard InChI is InChI=1S/C18H41NO3Si2/c1-8-21-18(20)14-16-19(24(10-3,11-4)12-5)15-13-17-23(6,7)22-9-2/h8-17H2,1-7H3.